The van der Waals surface area contributed by atoms with E-state index in [2.05, 4.69) is 15.4 Å². The summed E-state index contributed by atoms with van der Waals surface area (Å²) in [6.07, 6.45) is -4.73. The van der Waals surface area contributed by atoms with Crippen molar-refractivity contribution < 1.29 is 46.6 Å². The van der Waals surface area contributed by atoms with Crippen LogP contribution in [0.2, 0.25) is 5.02 Å². The van der Waals surface area contributed by atoms with E-state index in [1.807, 2.05) is 4.90 Å². The number of benzene rings is 1. The van der Waals surface area contributed by atoms with Gasteiger partial charge in [-0.15, -0.1) is 0 Å². The summed E-state index contributed by atoms with van der Waals surface area (Å²) < 4.78 is 65.9. The van der Waals surface area contributed by atoms with E-state index in [-0.39, 0.29) is 17.5 Å². The van der Waals surface area contributed by atoms with Crippen LogP contribution >= 0.6 is 19.3 Å². The zero-order valence-corrected chi connectivity index (χ0v) is 26.5. The number of carbonyl (C=O) groups is 2. The maximum Gasteiger partial charge on any atom is 0.459 e. The number of alkyl halides is 2. The fourth-order valence-corrected chi connectivity index (χ4v) is 6.37. The number of ether oxygens (including phenoxy) is 2. The maximum absolute atomic E-state index is 15.2. The third-order valence-electron chi connectivity index (χ3n) is 7.04. The molecule has 2 saturated heterocycles. The minimum Gasteiger partial charge on any atom is -0.462 e. The average molecular weight is 678 g/mol. The number of likely N-dealkylation sites (N-methyl/N-ethyl adjacent to an activating group) is 1. The van der Waals surface area contributed by atoms with Crippen LogP contribution in [0.1, 0.15) is 39.8 Å². The first-order valence-electron chi connectivity index (χ1n) is 14.1. The van der Waals surface area contributed by atoms with E-state index < -0.39 is 68.6 Å². The van der Waals surface area contributed by atoms with Gasteiger partial charge >= 0.3 is 25.3 Å². The highest BCUT2D eigenvalue weighted by Gasteiger charge is 2.60. The van der Waals surface area contributed by atoms with Gasteiger partial charge in [0.2, 0.25) is 12.1 Å². The van der Waals surface area contributed by atoms with Crippen molar-refractivity contribution in [2.45, 2.75) is 76.2 Å². The molecule has 3 N–H and O–H groups in total. The van der Waals surface area contributed by atoms with Gasteiger partial charge in [0.1, 0.15) is 23.7 Å². The van der Waals surface area contributed by atoms with E-state index in [1.165, 1.54) is 31.2 Å². The third-order valence-corrected chi connectivity index (χ3v) is 8.94. The van der Waals surface area contributed by atoms with Crippen LogP contribution in [0.25, 0.3) is 0 Å². The van der Waals surface area contributed by atoms with Crippen molar-refractivity contribution in [2.75, 3.05) is 25.5 Å². The highest BCUT2D eigenvalue weighted by Crippen LogP contribution is 2.48. The number of nitrogens with one attached hydrogen (secondary N) is 2. The summed E-state index contributed by atoms with van der Waals surface area (Å²) in [4.78, 5) is 43.2. The number of nitrogens with zero attached hydrogens (tertiary/aromatic N) is 3. The molecule has 248 valence electrons. The number of hydrogen-bond donors (Lipinski definition) is 3. The average Bonchev–Trinajstić information content (AvgIpc) is 3.48. The fraction of sp³-hybridized carbons (Fsp3) is 0.556. The first-order valence-corrected chi connectivity index (χ1v) is 16.0. The van der Waals surface area contributed by atoms with Crippen LogP contribution in [-0.4, -0.2) is 88.0 Å². The number of carbonyl (C=O) groups excluding carboxylic acids is 2. The van der Waals surface area contributed by atoms with Crippen LogP contribution < -0.4 is 20.6 Å². The zero-order chi connectivity index (χ0) is 33.1. The van der Waals surface area contributed by atoms with Crippen LogP contribution in [0.5, 0.6) is 5.75 Å². The smallest absolute Gasteiger partial charge is 0.459 e. The molecule has 2 aromatic rings. The zero-order valence-electron chi connectivity index (χ0n) is 24.9. The Labute approximate surface area is 262 Å². The van der Waals surface area contributed by atoms with Gasteiger partial charge in [0.25, 0.3) is 0 Å². The first-order chi connectivity index (χ1) is 21.1. The van der Waals surface area contributed by atoms with Crippen molar-refractivity contribution in [3.05, 3.63) is 52.0 Å². The van der Waals surface area contributed by atoms with Gasteiger partial charge in [-0.05, 0) is 77.5 Å². The molecule has 14 nitrogen and oxygen atoms in total. The van der Waals surface area contributed by atoms with Crippen LogP contribution in [0.4, 0.5) is 14.6 Å². The molecule has 2 aliphatic rings. The second kappa shape index (κ2) is 14.2. The van der Waals surface area contributed by atoms with Crippen LogP contribution in [0.15, 0.2) is 41.3 Å². The Morgan fingerprint density at radius 1 is 1.24 bits per heavy atom. The minimum absolute atomic E-state index is 0.000129. The molecule has 0 spiro atoms. The van der Waals surface area contributed by atoms with E-state index in [0.717, 1.165) is 25.2 Å². The monoisotopic (exact) mass is 677 g/mol. The molecule has 0 saturated carbocycles. The Hall–Kier alpha value is -2.98. The lowest BCUT2D eigenvalue weighted by atomic mass is 10.1. The van der Waals surface area contributed by atoms with Crippen LogP contribution in [-0.2, 0) is 28.2 Å². The molecule has 0 aliphatic carbocycles. The van der Waals surface area contributed by atoms with Crippen LogP contribution in [0.3, 0.4) is 0 Å². The molecule has 0 bridgehead atoms. The summed E-state index contributed by atoms with van der Waals surface area (Å²) in [5, 5.41) is 15.7. The lowest BCUT2D eigenvalue weighted by Gasteiger charge is -2.25. The number of esters is 1. The third kappa shape index (κ3) is 8.44. The molecule has 2 aliphatic heterocycles. The Kier molecular flexibility index (Phi) is 11.0. The van der Waals surface area contributed by atoms with Gasteiger partial charge in [0.15, 0.2) is 6.10 Å². The normalized spacial score (nSPS) is 25.1. The highest BCUT2D eigenvalue weighted by atomic mass is 35.5. The number of anilines is 1. The molecule has 18 heteroatoms. The predicted octanol–water partition coefficient (Wildman–Crippen LogP) is 2.96. The van der Waals surface area contributed by atoms with Crippen LogP contribution in [0, 0.1) is 0 Å². The van der Waals surface area contributed by atoms with E-state index in [1.54, 1.807) is 20.9 Å². The number of amides is 1. The summed E-state index contributed by atoms with van der Waals surface area (Å²) in [6.45, 7) is 4.37. The SMILES string of the molecule is CC(C)OC(=O)[C@H](C)NP(=O)(OC[C@H]1O[C@@H](n2ccc(NC(=O)[C@@H]3CCCN3C)nc2=O)C(F)(F)[C@@H]1O)Oc1ccc(Cl)cc1. The van der Waals surface area contributed by atoms with Gasteiger partial charge in [0.05, 0.1) is 18.8 Å². The van der Waals surface area contributed by atoms with Crippen molar-refractivity contribution in [3.8, 4) is 5.75 Å². The molecule has 1 amide bonds. The number of halogens is 3. The Morgan fingerprint density at radius 3 is 2.53 bits per heavy atom. The van der Waals surface area contributed by atoms with Gasteiger partial charge in [-0.25, -0.2) is 9.36 Å². The molecule has 1 aromatic carbocycles. The number of likely N-dealkylation sites (tertiary alicyclic amines) is 1. The molecular weight excluding hydrogens is 643 g/mol. The van der Waals surface area contributed by atoms with Gasteiger partial charge in [-0.1, -0.05) is 11.6 Å². The number of aliphatic hydroxyl groups excluding tert-OH is 1. The molecule has 3 heterocycles. The second-order valence-electron chi connectivity index (χ2n) is 11.0. The lowest BCUT2D eigenvalue weighted by Crippen LogP contribution is -2.42. The van der Waals surface area contributed by atoms with Gasteiger partial charge < -0.3 is 24.4 Å². The van der Waals surface area contributed by atoms with Crippen molar-refractivity contribution in [1.82, 2.24) is 19.5 Å². The Bertz CT molecular complexity index is 1480. The van der Waals surface area contributed by atoms with E-state index >= 15 is 8.78 Å². The first kappa shape index (κ1) is 34.9. The largest absolute Gasteiger partial charge is 0.462 e. The molecular formula is C27H35ClF2N5O9P. The van der Waals surface area contributed by atoms with E-state index in [4.69, 9.17) is 30.1 Å². The minimum atomic E-state index is -4.52. The van der Waals surface area contributed by atoms with Crippen molar-refractivity contribution in [1.29, 1.82) is 0 Å². The number of rotatable bonds is 12. The van der Waals surface area contributed by atoms with Crippen molar-refractivity contribution in [2.24, 2.45) is 0 Å². The standard InChI is InChI=1S/C27H35ClF2N5O9P/c1-15(2)42-24(38)16(3)33-45(40,44-18-9-7-17(28)8-10-18)41-14-20-22(36)27(29,30)25(43-20)35-13-11-21(32-26(35)39)31-23(37)19-6-5-12-34(19)4/h7-11,13,15-16,19-20,22,25,36H,5-6,12,14H2,1-4H3,(H,33,40)(H,31,32,37,39)/t16-,19-,20+,22+,25+,45?/m0/s1. The summed E-state index contributed by atoms with van der Waals surface area (Å²) in [6, 6.07) is 5.10. The molecule has 2 fully saturated rings. The second-order valence-corrected chi connectivity index (χ2v) is 13.1. The molecule has 4 rings (SSSR count). The lowest BCUT2D eigenvalue weighted by molar-refractivity contribution is -0.149. The Morgan fingerprint density at radius 2 is 1.93 bits per heavy atom. The van der Waals surface area contributed by atoms with Gasteiger partial charge in [0, 0.05) is 11.2 Å². The van der Waals surface area contributed by atoms with E-state index in [0.29, 0.717) is 16.0 Å². The van der Waals surface area contributed by atoms with E-state index in [9.17, 15) is 24.1 Å². The summed E-state index contributed by atoms with van der Waals surface area (Å²) in [5.41, 5.74) is -1.18. The van der Waals surface area contributed by atoms with Crippen molar-refractivity contribution in [3.63, 3.8) is 0 Å². The topological polar surface area (TPSA) is 171 Å². The Balaban J connectivity index is 1.48. The molecule has 0 radical (unpaired) electrons. The molecule has 1 aromatic heterocycles. The highest BCUT2D eigenvalue weighted by molar-refractivity contribution is 7.52. The maximum atomic E-state index is 15.2. The fourth-order valence-electron chi connectivity index (χ4n) is 4.74. The summed E-state index contributed by atoms with van der Waals surface area (Å²) in [7, 11) is -2.73. The quantitative estimate of drug-likeness (QED) is 0.222. The molecule has 1 unspecified atom stereocenters. The van der Waals surface area contributed by atoms with Gasteiger partial charge in [-0.2, -0.15) is 18.9 Å². The summed E-state index contributed by atoms with van der Waals surface area (Å²) in [5.74, 6) is -5.35. The van der Waals surface area contributed by atoms with Gasteiger partial charge in [-0.3, -0.25) is 23.6 Å². The predicted molar refractivity (Wildman–Crippen MR) is 157 cm³/mol. The number of hydrogen-bond acceptors (Lipinski definition) is 11. The van der Waals surface area contributed by atoms with Crippen molar-refractivity contribution >= 4 is 37.0 Å². The summed E-state index contributed by atoms with van der Waals surface area (Å²) >= 11 is 5.89. The molecule has 45 heavy (non-hydrogen) atoms. The number of aliphatic hydroxyl groups is 1. The number of aromatic nitrogens is 2. The molecule has 6 atom stereocenters.